The zero-order chi connectivity index (χ0) is 11.7. The van der Waals surface area contributed by atoms with Crippen molar-refractivity contribution in [3.63, 3.8) is 0 Å². The van der Waals surface area contributed by atoms with E-state index in [0.717, 1.165) is 22.3 Å². The van der Waals surface area contributed by atoms with E-state index in [0.29, 0.717) is 9.23 Å². The first-order chi connectivity index (χ1) is 7.58. The second-order valence-electron chi connectivity index (χ2n) is 3.15. The molecule has 0 spiro atoms. The van der Waals surface area contributed by atoms with Gasteiger partial charge in [-0.1, -0.05) is 36.1 Å². The number of carbonyl (C=O) groups is 1. The minimum absolute atomic E-state index is 0.150. The van der Waals surface area contributed by atoms with Gasteiger partial charge < -0.3 is 5.11 Å². The second-order valence-corrected chi connectivity index (χ2v) is 4.82. The summed E-state index contributed by atoms with van der Waals surface area (Å²) in [7, 11) is 0. The molecule has 0 unspecified atom stereocenters. The van der Waals surface area contributed by atoms with E-state index in [1.165, 1.54) is 0 Å². The number of phenolic OH excluding ortho intramolecular Hbond substituents is 1. The number of rotatable bonds is 1. The Balaban J connectivity index is 2.33. The molecule has 0 bridgehead atoms. The average molecular weight is 252 g/mol. The lowest BCUT2D eigenvalue weighted by Crippen LogP contribution is -2.34. The summed E-state index contributed by atoms with van der Waals surface area (Å²) < 4.78 is 0.330. The molecule has 1 aromatic rings. The van der Waals surface area contributed by atoms with Gasteiger partial charge in [-0.3, -0.25) is 4.79 Å². The molecule has 1 heterocycles. The number of amides is 1. The standard InChI is InChI=1S/C10H8N2O2S2/c11-12-9(14)8(16-10(12)15)5-6-2-1-3-7(13)4-6/h1-5,13H,11H2/b8-5+. The third-order valence-electron chi connectivity index (χ3n) is 1.99. The first kappa shape index (κ1) is 11.1. The van der Waals surface area contributed by atoms with Crippen molar-refractivity contribution in [1.82, 2.24) is 5.01 Å². The normalized spacial score (nSPS) is 18.6. The molecule has 0 saturated carbocycles. The maximum Gasteiger partial charge on any atom is 0.280 e. The fourth-order valence-corrected chi connectivity index (χ4v) is 2.35. The summed E-state index contributed by atoms with van der Waals surface area (Å²) in [5.41, 5.74) is 0.731. The van der Waals surface area contributed by atoms with Crippen LogP contribution in [0.2, 0.25) is 0 Å². The van der Waals surface area contributed by atoms with Crippen LogP contribution in [0.3, 0.4) is 0 Å². The summed E-state index contributed by atoms with van der Waals surface area (Å²) >= 11 is 6.04. The zero-order valence-corrected chi connectivity index (χ0v) is 9.72. The van der Waals surface area contributed by atoms with Crippen LogP contribution in [0.15, 0.2) is 29.2 Å². The highest BCUT2D eigenvalue weighted by atomic mass is 32.2. The topological polar surface area (TPSA) is 66.6 Å². The number of nitrogens with two attached hydrogens (primary N) is 1. The van der Waals surface area contributed by atoms with E-state index in [9.17, 15) is 9.90 Å². The quantitative estimate of drug-likeness (QED) is 0.343. The van der Waals surface area contributed by atoms with Crippen LogP contribution in [0.25, 0.3) is 6.08 Å². The highest BCUT2D eigenvalue weighted by Crippen LogP contribution is 2.30. The first-order valence-electron chi connectivity index (χ1n) is 4.39. The maximum absolute atomic E-state index is 11.6. The fraction of sp³-hybridized carbons (Fsp3) is 0. The highest BCUT2D eigenvalue weighted by Gasteiger charge is 2.29. The highest BCUT2D eigenvalue weighted by molar-refractivity contribution is 8.26. The number of hydrogen-bond acceptors (Lipinski definition) is 5. The molecule has 1 saturated heterocycles. The van der Waals surface area contributed by atoms with Crippen molar-refractivity contribution in [2.24, 2.45) is 5.84 Å². The van der Waals surface area contributed by atoms with Crippen LogP contribution in [0.5, 0.6) is 5.75 Å². The SMILES string of the molecule is NN1C(=O)/C(=C\c2cccc(O)c2)SC1=S. The molecule has 6 heteroatoms. The molecule has 2 rings (SSSR count). The summed E-state index contributed by atoms with van der Waals surface area (Å²) in [5.74, 6) is 5.26. The largest absolute Gasteiger partial charge is 0.508 e. The van der Waals surface area contributed by atoms with Gasteiger partial charge >= 0.3 is 0 Å². The number of hydrazine groups is 1. The van der Waals surface area contributed by atoms with E-state index >= 15 is 0 Å². The minimum Gasteiger partial charge on any atom is -0.508 e. The smallest absolute Gasteiger partial charge is 0.280 e. The molecule has 3 N–H and O–H groups in total. The van der Waals surface area contributed by atoms with E-state index in [1.54, 1.807) is 30.3 Å². The van der Waals surface area contributed by atoms with Gasteiger partial charge in [0, 0.05) is 0 Å². The zero-order valence-electron chi connectivity index (χ0n) is 8.08. The number of carbonyl (C=O) groups excluding carboxylic acids is 1. The molecule has 1 amide bonds. The molecular weight excluding hydrogens is 244 g/mol. The number of nitrogens with zero attached hydrogens (tertiary/aromatic N) is 1. The van der Waals surface area contributed by atoms with E-state index in [-0.39, 0.29) is 11.7 Å². The Bertz CT molecular complexity index is 499. The molecule has 0 aromatic heterocycles. The van der Waals surface area contributed by atoms with E-state index in [2.05, 4.69) is 0 Å². The summed E-state index contributed by atoms with van der Waals surface area (Å²) in [6.45, 7) is 0. The van der Waals surface area contributed by atoms with Crippen molar-refractivity contribution in [2.75, 3.05) is 0 Å². The number of thioether (sulfide) groups is 1. The van der Waals surface area contributed by atoms with Crippen LogP contribution in [0.4, 0.5) is 0 Å². The summed E-state index contributed by atoms with van der Waals surface area (Å²) in [4.78, 5) is 12.0. The molecule has 1 aliphatic rings. The van der Waals surface area contributed by atoms with Crippen LogP contribution >= 0.6 is 24.0 Å². The Morgan fingerprint density at radius 1 is 1.50 bits per heavy atom. The lowest BCUT2D eigenvalue weighted by atomic mass is 10.2. The molecule has 4 nitrogen and oxygen atoms in total. The Kier molecular flexibility index (Phi) is 2.95. The van der Waals surface area contributed by atoms with Crippen molar-refractivity contribution in [1.29, 1.82) is 0 Å². The minimum atomic E-state index is -0.321. The maximum atomic E-state index is 11.6. The van der Waals surface area contributed by atoms with Crippen LogP contribution in [-0.2, 0) is 4.79 Å². The molecule has 1 aliphatic heterocycles. The summed E-state index contributed by atoms with van der Waals surface area (Å²) in [5, 5.41) is 10.2. The van der Waals surface area contributed by atoms with Gasteiger partial charge in [0.15, 0.2) is 4.32 Å². The third-order valence-corrected chi connectivity index (χ3v) is 3.32. The van der Waals surface area contributed by atoms with E-state index < -0.39 is 0 Å². The van der Waals surface area contributed by atoms with Crippen molar-refractivity contribution in [2.45, 2.75) is 0 Å². The van der Waals surface area contributed by atoms with Crippen molar-refractivity contribution in [3.05, 3.63) is 34.7 Å². The van der Waals surface area contributed by atoms with E-state index in [1.807, 2.05) is 0 Å². The van der Waals surface area contributed by atoms with Crippen LogP contribution in [0.1, 0.15) is 5.56 Å². The van der Waals surface area contributed by atoms with Gasteiger partial charge in [0.25, 0.3) is 5.91 Å². The molecule has 1 aromatic carbocycles. The van der Waals surface area contributed by atoms with Gasteiger partial charge in [0.05, 0.1) is 4.91 Å². The van der Waals surface area contributed by atoms with Gasteiger partial charge in [0.2, 0.25) is 0 Å². The lowest BCUT2D eigenvalue weighted by Gasteiger charge is -2.02. The average Bonchev–Trinajstić information content (AvgIpc) is 2.47. The van der Waals surface area contributed by atoms with Gasteiger partial charge in [0.1, 0.15) is 5.75 Å². The molecule has 0 aliphatic carbocycles. The van der Waals surface area contributed by atoms with Crippen LogP contribution < -0.4 is 5.84 Å². The van der Waals surface area contributed by atoms with E-state index in [4.69, 9.17) is 18.1 Å². The summed E-state index contributed by atoms with van der Waals surface area (Å²) in [6.07, 6.45) is 1.64. The summed E-state index contributed by atoms with van der Waals surface area (Å²) in [6, 6.07) is 6.60. The third kappa shape index (κ3) is 2.08. The van der Waals surface area contributed by atoms with Gasteiger partial charge in [-0.25, -0.2) is 10.9 Å². The molecule has 1 fully saturated rings. The Hall–Kier alpha value is -1.37. The molecule has 0 atom stereocenters. The molecular formula is C10H8N2O2S2. The molecule has 0 radical (unpaired) electrons. The Morgan fingerprint density at radius 3 is 2.81 bits per heavy atom. The van der Waals surface area contributed by atoms with Crippen molar-refractivity contribution >= 4 is 40.3 Å². The van der Waals surface area contributed by atoms with Gasteiger partial charge in [-0.05, 0) is 23.8 Å². The first-order valence-corrected chi connectivity index (χ1v) is 5.62. The predicted octanol–water partition coefficient (Wildman–Crippen LogP) is 1.47. The number of thiocarbonyl (C=S) groups is 1. The van der Waals surface area contributed by atoms with Crippen LogP contribution in [-0.4, -0.2) is 20.3 Å². The van der Waals surface area contributed by atoms with Gasteiger partial charge in [-0.2, -0.15) is 0 Å². The lowest BCUT2D eigenvalue weighted by molar-refractivity contribution is -0.122. The molecule has 16 heavy (non-hydrogen) atoms. The predicted molar refractivity (Wildman–Crippen MR) is 67.3 cm³/mol. The number of phenols is 1. The number of hydrogen-bond donors (Lipinski definition) is 2. The second kappa shape index (κ2) is 4.25. The van der Waals surface area contributed by atoms with Crippen molar-refractivity contribution in [3.8, 4) is 5.75 Å². The Labute approximate surface area is 102 Å². The number of aromatic hydroxyl groups is 1. The van der Waals surface area contributed by atoms with Gasteiger partial charge in [-0.15, -0.1) is 0 Å². The fourth-order valence-electron chi connectivity index (χ4n) is 1.25. The number of benzene rings is 1. The molecule has 82 valence electrons. The Morgan fingerprint density at radius 2 is 2.25 bits per heavy atom. The monoisotopic (exact) mass is 252 g/mol. The van der Waals surface area contributed by atoms with Crippen LogP contribution in [0, 0.1) is 0 Å². The van der Waals surface area contributed by atoms with Crippen molar-refractivity contribution < 1.29 is 9.90 Å².